The second-order valence-corrected chi connectivity index (χ2v) is 7.28. The molecular formula is C19H20BrNO. The third-order valence-corrected chi connectivity index (χ3v) is 5.32. The predicted octanol–water partition coefficient (Wildman–Crippen LogP) is 5.39. The van der Waals surface area contributed by atoms with Crippen molar-refractivity contribution in [3.05, 3.63) is 63.6 Å². The van der Waals surface area contributed by atoms with Crippen molar-refractivity contribution in [1.82, 2.24) is 0 Å². The molecule has 2 nitrogen and oxygen atoms in total. The van der Waals surface area contributed by atoms with Crippen molar-refractivity contribution in [2.24, 2.45) is 5.92 Å². The summed E-state index contributed by atoms with van der Waals surface area (Å²) in [7, 11) is 0. The maximum atomic E-state index is 6.18. The minimum absolute atomic E-state index is 0.202. The van der Waals surface area contributed by atoms with Crippen molar-refractivity contribution in [1.29, 1.82) is 0 Å². The predicted molar refractivity (Wildman–Crippen MR) is 93.1 cm³/mol. The summed E-state index contributed by atoms with van der Waals surface area (Å²) in [5.74, 6) is 0.498. The first-order chi connectivity index (χ1) is 10.7. The maximum absolute atomic E-state index is 6.18. The monoisotopic (exact) mass is 357 g/mol. The van der Waals surface area contributed by atoms with Gasteiger partial charge in [-0.15, -0.1) is 0 Å². The van der Waals surface area contributed by atoms with Gasteiger partial charge >= 0.3 is 0 Å². The van der Waals surface area contributed by atoms with Gasteiger partial charge in [-0.1, -0.05) is 45.8 Å². The Morgan fingerprint density at radius 2 is 2.09 bits per heavy atom. The van der Waals surface area contributed by atoms with E-state index < -0.39 is 0 Å². The zero-order valence-corrected chi connectivity index (χ0v) is 14.3. The van der Waals surface area contributed by atoms with Crippen molar-refractivity contribution in [3.63, 3.8) is 0 Å². The zero-order chi connectivity index (χ0) is 15.1. The summed E-state index contributed by atoms with van der Waals surface area (Å²) in [6.45, 7) is 3.03. The maximum Gasteiger partial charge on any atom is 0.0896 e. The third-order valence-electron chi connectivity index (χ3n) is 4.83. The third kappa shape index (κ3) is 2.46. The molecule has 2 aliphatic rings. The van der Waals surface area contributed by atoms with Gasteiger partial charge in [0.2, 0.25) is 0 Å². The van der Waals surface area contributed by atoms with Gasteiger partial charge in [-0.3, -0.25) is 0 Å². The van der Waals surface area contributed by atoms with Gasteiger partial charge in [0.1, 0.15) is 0 Å². The van der Waals surface area contributed by atoms with Crippen LogP contribution < -0.4 is 5.32 Å². The van der Waals surface area contributed by atoms with E-state index >= 15 is 0 Å². The SMILES string of the molecule is Cc1cccc([C@H]2Nc3ccc(Br)cc3[C@H]3OCCC[C@@H]23)c1. The van der Waals surface area contributed by atoms with Gasteiger partial charge < -0.3 is 10.1 Å². The average molecular weight is 358 g/mol. The van der Waals surface area contributed by atoms with E-state index in [1.165, 1.54) is 28.8 Å². The van der Waals surface area contributed by atoms with Gasteiger partial charge in [0, 0.05) is 28.2 Å². The summed E-state index contributed by atoms with van der Waals surface area (Å²) in [5, 5.41) is 3.77. The number of hydrogen-bond donors (Lipinski definition) is 1. The number of rotatable bonds is 1. The molecule has 2 aromatic carbocycles. The van der Waals surface area contributed by atoms with Crippen molar-refractivity contribution in [2.45, 2.75) is 31.9 Å². The highest BCUT2D eigenvalue weighted by atomic mass is 79.9. The van der Waals surface area contributed by atoms with Gasteiger partial charge in [-0.05, 0) is 43.5 Å². The van der Waals surface area contributed by atoms with E-state index in [1.807, 2.05) is 0 Å². The number of benzene rings is 2. The Morgan fingerprint density at radius 3 is 2.95 bits per heavy atom. The molecule has 1 N–H and O–H groups in total. The lowest BCUT2D eigenvalue weighted by atomic mass is 9.77. The first kappa shape index (κ1) is 14.3. The molecule has 0 amide bonds. The highest BCUT2D eigenvalue weighted by molar-refractivity contribution is 9.10. The standard InChI is InChI=1S/C19H20BrNO/c1-12-4-2-5-13(10-12)18-15-6-3-9-22-19(15)16-11-14(20)7-8-17(16)21-18/h2,4-5,7-8,10-11,15,18-19,21H,3,6,9H2,1H3/t15-,18+,19-/m0/s1. The molecule has 1 fully saturated rings. The van der Waals surface area contributed by atoms with E-state index in [1.54, 1.807) is 0 Å². The van der Waals surface area contributed by atoms with Gasteiger partial charge in [-0.25, -0.2) is 0 Å². The normalized spacial score (nSPS) is 26.7. The Bertz CT molecular complexity index is 700. The Balaban J connectivity index is 1.79. The average Bonchev–Trinajstić information content (AvgIpc) is 2.54. The fraction of sp³-hybridized carbons (Fsp3) is 0.368. The lowest BCUT2D eigenvalue weighted by Crippen LogP contribution is -2.36. The fourth-order valence-corrected chi connectivity index (χ4v) is 4.21. The minimum Gasteiger partial charge on any atom is -0.378 e. The number of anilines is 1. The van der Waals surface area contributed by atoms with Crippen LogP contribution in [-0.4, -0.2) is 6.61 Å². The van der Waals surface area contributed by atoms with Gasteiger partial charge in [0.05, 0.1) is 12.1 Å². The Labute approximate surface area is 140 Å². The van der Waals surface area contributed by atoms with Crippen LogP contribution in [0.25, 0.3) is 0 Å². The van der Waals surface area contributed by atoms with E-state index in [-0.39, 0.29) is 6.10 Å². The highest BCUT2D eigenvalue weighted by Gasteiger charge is 2.39. The quantitative estimate of drug-likeness (QED) is 0.738. The lowest BCUT2D eigenvalue weighted by Gasteiger charge is -2.43. The summed E-state index contributed by atoms with van der Waals surface area (Å²) in [5.41, 5.74) is 5.18. The molecule has 2 heterocycles. The van der Waals surface area contributed by atoms with E-state index in [9.17, 15) is 0 Å². The number of hydrogen-bond acceptors (Lipinski definition) is 2. The molecule has 0 aliphatic carbocycles. The molecule has 3 atom stereocenters. The molecular weight excluding hydrogens is 338 g/mol. The van der Waals surface area contributed by atoms with E-state index in [0.717, 1.165) is 17.5 Å². The molecule has 0 radical (unpaired) electrons. The van der Waals surface area contributed by atoms with Crippen molar-refractivity contribution in [2.75, 3.05) is 11.9 Å². The summed E-state index contributed by atoms with van der Waals surface area (Å²) >= 11 is 3.59. The number of nitrogens with one attached hydrogen (secondary N) is 1. The topological polar surface area (TPSA) is 21.3 Å². The Morgan fingerprint density at radius 1 is 1.18 bits per heavy atom. The van der Waals surface area contributed by atoms with Gasteiger partial charge in [-0.2, -0.15) is 0 Å². The molecule has 22 heavy (non-hydrogen) atoms. The number of ether oxygens (including phenoxy) is 1. The summed E-state index contributed by atoms with van der Waals surface area (Å²) in [6.07, 6.45) is 2.56. The molecule has 0 bridgehead atoms. The van der Waals surface area contributed by atoms with Crippen LogP contribution in [0.4, 0.5) is 5.69 Å². The molecule has 0 saturated carbocycles. The Kier molecular flexibility index (Phi) is 3.71. The number of halogens is 1. The number of aryl methyl sites for hydroxylation is 1. The second kappa shape index (κ2) is 5.71. The molecule has 0 spiro atoms. The van der Waals surface area contributed by atoms with Crippen molar-refractivity contribution < 1.29 is 4.74 Å². The summed E-state index contributed by atoms with van der Waals surface area (Å²) < 4.78 is 7.30. The van der Waals surface area contributed by atoms with E-state index in [2.05, 4.69) is 70.6 Å². The largest absolute Gasteiger partial charge is 0.378 e. The van der Waals surface area contributed by atoms with Crippen LogP contribution >= 0.6 is 15.9 Å². The zero-order valence-electron chi connectivity index (χ0n) is 12.7. The summed E-state index contributed by atoms with van der Waals surface area (Å²) in [6, 6.07) is 15.6. The molecule has 1 saturated heterocycles. The van der Waals surface area contributed by atoms with E-state index in [4.69, 9.17) is 4.74 Å². The Hall–Kier alpha value is -1.32. The lowest BCUT2D eigenvalue weighted by molar-refractivity contribution is -0.0381. The molecule has 114 valence electrons. The minimum atomic E-state index is 0.202. The molecule has 2 aliphatic heterocycles. The van der Waals surface area contributed by atoms with Crippen LogP contribution in [0.2, 0.25) is 0 Å². The summed E-state index contributed by atoms with van der Waals surface area (Å²) in [4.78, 5) is 0. The van der Waals surface area contributed by atoms with Crippen LogP contribution in [0.5, 0.6) is 0 Å². The van der Waals surface area contributed by atoms with Crippen molar-refractivity contribution >= 4 is 21.6 Å². The van der Waals surface area contributed by atoms with Crippen LogP contribution in [0, 0.1) is 12.8 Å². The van der Waals surface area contributed by atoms with E-state index in [0.29, 0.717) is 12.0 Å². The molecule has 3 heteroatoms. The first-order valence-corrected chi connectivity index (χ1v) is 8.76. The number of fused-ring (bicyclic) bond motifs is 3. The molecule has 2 aromatic rings. The van der Waals surface area contributed by atoms with Crippen LogP contribution in [-0.2, 0) is 4.74 Å². The highest BCUT2D eigenvalue weighted by Crippen LogP contribution is 2.49. The van der Waals surface area contributed by atoms with Crippen LogP contribution in [0.3, 0.4) is 0 Å². The molecule has 0 aromatic heterocycles. The fourth-order valence-electron chi connectivity index (χ4n) is 3.84. The second-order valence-electron chi connectivity index (χ2n) is 6.37. The molecule has 0 unspecified atom stereocenters. The van der Waals surface area contributed by atoms with Crippen molar-refractivity contribution in [3.8, 4) is 0 Å². The first-order valence-electron chi connectivity index (χ1n) is 7.96. The van der Waals surface area contributed by atoms with Crippen LogP contribution in [0.15, 0.2) is 46.9 Å². The molecule has 4 rings (SSSR count). The van der Waals surface area contributed by atoms with Crippen LogP contribution in [0.1, 0.15) is 41.7 Å². The smallest absolute Gasteiger partial charge is 0.0896 e. The van der Waals surface area contributed by atoms with Gasteiger partial charge in [0.15, 0.2) is 0 Å². The van der Waals surface area contributed by atoms with Gasteiger partial charge in [0.25, 0.3) is 0 Å².